The summed E-state index contributed by atoms with van der Waals surface area (Å²) in [5, 5.41) is 8.69. The van der Waals surface area contributed by atoms with Gasteiger partial charge in [-0.2, -0.15) is 0 Å². The number of rotatable bonds is 6. The van der Waals surface area contributed by atoms with E-state index in [0.717, 1.165) is 25.0 Å². The summed E-state index contributed by atoms with van der Waals surface area (Å²) in [6.07, 6.45) is 1.99. The molecule has 8 nitrogen and oxygen atoms in total. The molecular weight excluding hydrogens is 396 g/mol. The standard InChI is InChI=1S/C23H28N4O4/c1-15-9-10-21(30-3)20(12-15)26-23(24-14-19-8-5-11-31-19)27-22(29)17-6-4-7-18(13-17)25-16(2)28/h4,6-7,9-10,12-13,19H,5,8,11,14H2,1-3H3,(H,25,28)(H2,24,26,27,29)/t19-/m1/s1. The SMILES string of the molecule is COc1ccc(C)cc1NC(=NC[C@H]1CCCO1)NC(=O)c1cccc(NC(C)=O)c1. The molecule has 3 N–H and O–H groups in total. The molecule has 0 unspecified atom stereocenters. The Labute approximate surface area is 182 Å². The first-order chi connectivity index (χ1) is 14.9. The van der Waals surface area contributed by atoms with Crippen molar-refractivity contribution in [2.24, 2.45) is 4.99 Å². The van der Waals surface area contributed by atoms with E-state index in [9.17, 15) is 9.59 Å². The van der Waals surface area contributed by atoms with Gasteiger partial charge in [0.05, 0.1) is 25.4 Å². The van der Waals surface area contributed by atoms with Crippen LogP contribution in [0.15, 0.2) is 47.5 Å². The van der Waals surface area contributed by atoms with Crippen molar-refractivity contribution in [3.05, 3.63) is 53.6 Å². The van der Waals surface area contributed by atoms with Gasteiger partial charge in [-0.3, -0.25) is 14.9 Å². The average molecular weight is 425 g/mol. The third kappa shape index (κ3) is 6.55. The number of hydrogen-bond donors (Lipinski definition) is 3. The number of anilines is 2. The Hall–Kier alpha value is -3.39. The number of carbonyl (C=O) groups excluding carboxylic acids is 2. The predicted octanol–water partition coefficient (Wildman–Crippen LogP) is 3.34. The van der Waals surface area contributed by atoms with Crippen LogP contribution in [0, 0.1) is 6.92 Å². The molecule has 1 aliphatic rings. The molecule has 1 atom stereocenters. The van der Waals surface area contributed by atoms with E-state index in [-0.39, 0.29) is 17.9 Å². The number of ether oxygens (including phenoxy) is 2. The van der Waals surface area contributed by atoms with E-state index in [0.29, 0.717) is 35.2 Å². The van der Waals surface area contributed by atoms with E-state index in [1.807, 2.05) is 25.1 Å². The Bertz CT molecular complexity index is 968. The monoisotopic (exact) mass is 424 g/mol. The minimum Gasteiger partial charge on any atom is -0.495 e. The summed E-state index contributed by atoms with van der Waals surface area (Å²) in [6, 6.07) is 12.4. The smallest absolute Gasteiger partial charge is 0.258 e. The molecule has 8 heteroatoms. The van der Waals surface area contributed by atoms with Gasteiger partial charge in [0.15, 0.2) is 0 Å². The molecule has 2 amide bonds. The Morgan fingerprint density at radius 1 is 1.19 bits per heavy atom. The lowest BCUT2D eigenvalue weighted by Crippen LogP contribution is -2.37. The fourth-order valence-electron chi connectivity index (χ4n) is 3.26. The molecule has 1 saturated heterocycles. The minimum absolute atomic E-state index is 0.0381. The van der Waals surface area contributed by atoms with Crippen LogP contribution < -0.4 is 20.7 Å². The molecule has 3 rings (SSSR count). The summed E-state index contributed by atoms with van der Waals surface area (Å²) in [6.45, 7) is 4.56. The van der Waals surface area contributed by atoms with Gasteiger partial charge in [0.25, 0.3) is 5.91 Å². The van der Waals surface area contributed by atoms with Gasteiger partial charge in [-0.25, -0.2) is 4.99 Å². The minimum atomic E-state index is -0.350. The molecule has 0 saturated carbocycles. The van der Waals surface area contributed by atoms with Crippen molar-refractivity contribution in [3.8, 4) is 5.75 Å². The second-order valence-electron chi connectivity index (χ2n) is 7.37. The van der Waals surface area contributed by atoms with E-state index >= 15 is 0 Å². The number of amides is 2. The van der Waals surface area contributed by atoms with Gasteiger partial charge >= 0.3 is 0 Å². The number of aryl methyl sites for hydroxylation is 1. The number of hydrogen-bond acceptors (Lipinski definition) is 5. The van der Waals surface area contributed by atoms with Crippen LogP contribution in [0.2, 0.25) is 0 Å². The van der Waals surface area contributed by atoms with Crippen molar-refractivity contribution in [2.75, 3.05) is 30.9 Å². The van der Waals surface area contributed by atoms with E-state index in [4.69, 9.17) is 9.47 Å². The van der Waals surface area contributed by atoms with Gasteiger partial charge in [-0.15, -0.1) is 0 Å². The summed E-state index contributed by atoms with van der Waals surface area (Å²) >= 11 is 0. The summed E-state index contributed by atoms with van der Waals surface area (Å²) in [7, 11) is 1.59. The first kappa shape index (κ1) is 22.3. The highest BCUT2D eigenvalue weighted by atomic mass is 16.5. The van der Waals surface area contributed by atoms with Crippen molar-refractivity contribution >= 4 is 29.1 Å². The summed E-state index contributed by atoms with van der Waals surface area (Å²) in [5.74, 6) is 0.383. The summed E-state index contributed by atoms with van der Waals surface area (Å²) in [5.41, 5.74) is 2.68. The highest BCUT2D eigenvalue weighted by Gasteiger charge is 2.17. The second-order valence-corrected chi connectivity index (χ2v) is 7.37. The normalized spacial score (nSPS) is 16.0. The van der Waals surface area contributed by atoms with E-state index in [1.54, 1.807) is 31.4 Å². The summed E-state index contributed by atoms with van der Waals surface area (Å²) < 4.78 is 11.1. The van der Waals surface area contributed by atoms with Crippen molar-refractivity contribution in [3.63, 3.8) is 0 Å². The molecule has 1 fully saturated rings. The van der Waals surface area contributed by atoms with Gasteiger partial charge in [0, 0.05) is 24.8 Å². The van der Waals surface area contributed by atoms with E-state index in [2.05, 4.69) is 20.9 Å². The topological polar surface area (TPSA) is 101 Å². The number of methoxy groups -OCH3 is 1. The van der Waals surface area contributed by atoms with Crippen LogP contribution in [0.4, 0.5) is 11.4 Å². The zero-order chi connectivity index (χ0) is 22.2. The van der Waals surface area contributed by atoms with Gasteiger partial charge in [0.1, 0.15) is 5.75 Å². The molecule has 0 aliphatic carbocycles. The lowest BCUT2D eigenvalue weighted by Gasteiger charge is -2.16. The molecule has 2 aromatic rings. The van der Waals surface area contributed by atoms with Crippen molar-refractivity contribution in [2.45, 2.75) is 32.8 Å². The Morgan fingerprint density at radius 2 is 2.03 bits per heavy atom. The first-order valence-corrected chi connectivity index (χ1v) is 10.2. The fraction of sp³-hybridized carbons (Fsp3) is 0.348. The molecule has 0 aromatic heterocycles. The van der Waals surface area contributed by atoms with Gasteiger partial charge < -0.3 is 20.1 Å². The maximum Gasteiger partial charge on any atom is 0.258 e. The molecule has 0 bridgehead atoms. The molecule has 164 valence electrons. The Balaban J connectivity index is 1.81. The van der Waals surface area contributed by atoms with Crippen LogP contribution in [-0.2, 0) is 9.53 Å². The largest absolute Gasteiger partial charge is 0.495 e. The lowest BCUT2D eigenvalue weighted by atomic mass is 10.2. The summed E-state index contributed by atoms with van der Waals surface area (Å²) in [4.78, 5) is 28.8. The zero-order valence-electron chi connectivity index (χ0n) is 18.0. The number of nitrogens with one attached hydrogen (secondary N) is 3. The molecule has 0 radical (unpaired) electrons. The predicted molar refractivity (Wildman–Crippen MR) is 121 cm³/mol. The van der Waals surface area contributed by atoms with Crippen LogP contribution in [0.5, 0.6) is 5.75 Å². The molecule has 1 aliphatic heterocycles. The van der Waals surface area contributed by atoms with Crippen LogP contribution in [-0.4, -0.2) is 44.1 Å². The number of aliphatic imine (C=N–C) groups is 1. The number of nitrogens with zero attached hydrogens (tertiary/aromatic N) is 1. The number of carbonyl (C=O) groups is 2. The zero-order valence-corrected chi connectivity index (χ0v) is 18.0. The maximum absolute atomic E-state index is 12.9. The lowest BCUT2D eigenvalue weighted by molar-refractivity contribution is -0.114. The third-order valence-corrected chi connectivity index (χ3v) is 4.76. The highest BCUT2D eigenvalue weighted by Crippen LogP contribution is 2.25. The van der Waals surface area contributed by atoms with Crippen molar-refractivity contribution in [1.29, 1.82) is 0 Å². The Kier molecular flexibility index (Phi) is 7.61. The molecule has 0 spiro atoms. The molecule has 1 heterocycles. The third-order valence-electron chi connectivity index (χ3n) is 4.76. The highest BCUT2D eigenvalue weighted by molar-refractivity contribution is 6.10. The average Bonchev–Trinajstić information content (AvgIpc) is 3.25. The van der Waals surface area contributed by atoms with Crippen molar-refractivity contribution in [1.82, 2.24) is 5.32 Å². The quantitative estimate of drug-likeness (QED) is 0.488. The maximum atomic E-state index is 12.9. The van der Waals surface area contributed by atoms with Gasteiger partial charge in [0.2, 0.25) is 11.9 Å². The second kappa shape index (κ2) is 10.6. The van der Waals surface area contributed by atoms with E-state index in [1.165, 1.54) is 6.92 Å². The number of guanidine groups is 1. The van der Waals surface area contributed by atoms with Gasteiger partial charge in [-0.05, 0) is 55.7 Å². The van der Waals surface area contributed by atoms with Crippen LogP contribution >= 0.6 is 0 Å². The first-order valence-electron chi connectivity index (χ1n) is 10.2. The number of benzene rings is 2. The molecule has 2 aromatic carbocycles. The van der Waals surface area contributed by atoms with Crippen LogP contribution in [0.25, 0.3) is 0 Å². The fourth-order valence-corrected chi connectivity index (χ4v) is 3.26. The van der Waals surface area contributed by atoms with E-state index < -0.39 is 0 Å². The van der Waals surface area contributed by atoms with Crippen molar-refractivity contribution < 1.29 is 19.1 Å². The van der Waals surface area contributed by atoms with Crippen LogP contribution in [0.1, 0.15) is 35.7 Å². The van der Waals surface area contributed by atoms with Gasteiger partial charge in [-0.1, -0.05) is 12.1 Å². The Morgan fingerprint density at radius 3 is 2.74 bits per heavy atom. The van der Waals surface area contributed by atoms with Crippen LogP contribution in [0.3, 0.4) is 0 Å². The molecule has 31 heavy (non-hydrogen) atoms. The molecular formula is C23H28N4O4.